The molecule has 0 heterocycles. The SMILES string of the molecule is O=C(CN(CC(=O)N(C1CCCCC1)C1CCCCC1)Cc1ccccc1)N(C1CCCCC1)C1CCCCC1. The molecule has 222 valence electrons. The van der Waals surface area contributed by atoms with E-state index in [0.717, 1.165) is 51.4 Å². The van der Waals surface area contributed by atoms with Crippen LogP contribution in [0.5, 0.6) is 0 Å². The number of nitrogens with zero attached hydrogens (tertiary/aromatic N) is 3. The molecule has 0 N–H and O–H groups in total. The number of hydrogen-bond donors (Lipinski definition) is 0. The van der Waals surface area contributed by atoms with E-state index in [1.165, 1.54) is 82.6 Å². The summed E-state index contributed by atoms with van der Waals surface area (Å²) in [4.78, 5) is 35.4. The van der Waals surface area contributed by atoms with Crippen molar-refractivity contribution in [1.29, 1.82) is 0 Å². The molecule has 0 spiro atoms. The molecule has 0 saturated heterocycles. The first-order valence-corrected chi connectivity index (χ1v) is 17.1. The summed E-state index contributed by atoms with van der Waals surface area (Å²) in [6, 6.07) is 12.0. The van der Waals surface area contributed by atoms with Crippen molar-refractivity contribution in [1.82, 2.24) is 14.7 Å². The van der Waals surface area contributed by atoms with Gasteiger partial charge in [-0.25, -0.2) is 0 Å². The minimum absolute atomic E-state index is 0.268. The van der Waals surface area contributed by atoms with Crippen molar-refractivity contribution in [2.45, 2.75) is 159 Å². The van der Waals surface area contributed by atoms with Gasteiger partial charge in [-0.3, -0.25) is 14.5 Å². The third-order valence-corrected chi connectivity index (χ3v) is 10.4. The highest BCUT2D eigenvalue weighted by Crippen LogP contribution is 2.32. The Bertz CT molecular complexity index is 806. The summed E-state index contributed by atoms with van der Waals surface area (Å²) in [7, 11) is 0. The molecule has 40 heavy (non-hydrogen) atoms. The predicted molar refractivity (Wildman–Crippen MR) is 163 cm³/mol. The van der Waals surface area contributed by atoms with Crippen LogP contribution in [-0.4, -0.2) is 63.8 Å². The average Bonchev–Trinajstić information content (AvgIpc) is 3.00. The maximum Gasteiger partial charge on any atom is 0.237 e. The number of benzene rings is 1. The molecular formula is C35H55N3O2. The molecule has 4 aliphatic carbocycles. The van der Waals surface area contributed by atoms with Crippen molar-refractivity contribution in [3.63, 3.8) is 0 Å². The van der Waals surface area contributed by atoms with Gasteiger partial charge in [-0.15, -0.1) is 0 Å². The van der Waals surface area contributed by atoms with Crippen LogP contribution in [0.4, 0.5) is 0 Å². The second kappa shape index (κ2) is 15.4. The van der Waals surface area contributed by atoms with Crippen LogP contribution in [0.25, 0.3) is 0 Å². The van der Waals surface area contributed by atoms with Gasteiger partial charge < -0.3 is 9.80 Å². The maximum atomic E-state index is 14.3. The highest BCUT2D eigenvalue weighted by Gasteiger charge is 2.36. The van der Waals surface area contributed by atoms with Crippen LogP contribution in [-0.2, 0) is 16.1 Å². The second-order valence-corrected chi connectivity index (χ2v) is 13.4. The van der Waals surface area contributed by atoms with E-state index in [1.807, 2.05) is 6.07 Å². The smallest absolute Gasteiger partial charge is 0.237 e. The van der Waals surface area contributed by atoms with Crippen molar-refractivity contribution >= 4 is 11.8 Å². The lowest BCUT2D eigenvalue weighted by molar-refractivity contribution is -0.143. The minimum Gasteiger partial charge on any atom is -0.336 e. The molecule has 4 saturated carbocycles. The summed E-state index contributed by atoms with van der Waals surface area (Å²) in [5.74, 6) is 0.536. The summed E-state index contributed by atoms with van der Waals surface area (Å²) in [6.07, 6.45) is 24.3. The number of rotatable bonds is 10. The Morgan fingerprint density at radius 1 is 0.500 bits per heavy atom. The van der Waals surface area contributed by atoms with Crippen LogP contribution >= 0.6 is 0 Å². The lowest BCUT2D eigenvalue weighted by Gasteiger charge is -2.44. The van der Waals surface area contributed by atoms with Crippen LogP contribution in [0.15, 0.2) is 30.3 Å². The lowest BCUT2D eigenvalue weighted by Crippen LogP contribution is -2.54. The fourth-order valence-electron chi connectivity index (χ4n) is 8.40. The zero-order valence-electron chi connectivity index (χ0n) is 25.1. The molecule has 2 amide bonds. The van der Waals surface area contributed by atoms with E-state index < -0.39 is 0 Å². The van der Waals surface area contributed by atoms with Gasteiger partial charge in [0.05, 0.1) is 13.1 Å². The van der Waals surface area contributed by atoms with Gasteiger partial charge in [-0.1, -0.05) is 107 Å². The standard InChI is InChI=1S/C35H55N3O2/c39-34(37(30-18-8-2-9-19-30)31-20-10-3-11-21-31)27-36(26-29-16-6-1-7-17-29)28-35(40)38(32-22-12-4-13-23-32)33-24-14-5-15-25-33/h1,6-7,16-17,30-33H,2-5,8-15,18-28H2. The highest BCUT2D eigenvalue weighted by molar-refractivity contribution is 5.82. The molecule has 0 unspecified atom stereocenters. The third kappa shape index (κ3) is 8.11. The van der Waals surface area contributed by atoms with Crippen LogP contribution in [0, 0.1) is 0 Å². The van der Waals surface area contributed by atoms with Gasteiger partial charge in [0.1, 0.15) is 0 Å². The van der Waals surface area contributed by atoms with Gasteiger partial charge >= 0.3 is 0 Å². The molecule has 0 aliphatic heterocycles. The minimum atomic E-state index is 0.268. The van der Waals surface area contributed by atoms with Crippen molar-refractivity contribution < 1.29 is 9.59 Å². The van der Waals surface area contributed by atoms with Gasteiger partial charge in [0.15, 0.2) is 0 Å². The van der Waals surface area contributed by atoms with Gasteiger partial charge in [-0.05, 0) is 56.9 Å². The van der Waals surface area contributed by atoms with Gasteiger partial charge in [0.2, 0.25) is 11.8 Å². The third-order valence-electron chi connectivity index (χ3n) is 10.4. The number of hydrogen-bond acceptors (Lipinski definition) is 3. The normalized spacial score (nSPS) is 22.3. The summed E-state index contributed by atoms with van der Waals surface area (Å²) in [5, 5.41) is 0. The van der Waals surface area contributed by atoms with Crippen LogP contribution in [0.3, 0.4) is 0 Å². The molecule has 0 atom stereocenters. The van der Waals surface area contributed by atoms with Gasteiger partial charge in [0, 0.05) is 30.7 Å². The second-order valence-electron chi connectivity index (χ2n) is 13.4. The van der Waals surface area contributed by atoms with E-state index >= 15 is 0 Å². The molecule has 0 bridgehead atoms. The Hall–Kier alpha value is -1.88. The number of carbonyl (C=O) groups is 2. The first-order valence-electron chi connectivity index (χ1n) is 17.1. The molecule has 0 aromatic heterocycles. The molecule has 1 aromatic carbocycles. The van der Waals surface area contributed by atoms with Gasteiger partial charge in [-0.2, -0.15) is 0 Å². The first-order chi connectivity index (χ1) is 19.7. The summed E-state index contributed by atoms with van der Waals surface area (Å²) < 4.78 is 0. The van der Waals surface area contributed by atoms with E-state index in [-0.39, 0.29) is 11.8 Å². The van der Waals surface area contributed by atoms with E-state index in [2.05, 4.69) is 39.0 Å². The summed E-state index contributed by atoms with van der Waals surface area (Å²) >= 11 is 0. The Kier molecular flexibility index (Phi) is 11.4. The van der Waals surface area contributed by atoms with Crippen molar-refractivity contribution in [3.05, 3.63) is 35.9 Å². The molecule has 5 rings (SSSR count). The van der Waals surface area contributed by atoms with E-state index in [1.54, 1.807) is 0 Å². The first kappa shape index (κ1) is 29.6. The lowest BCUT2D eigenvalue weighted by atomic mass is 9.88. The predicted octanol–water partition coefficient (Wildman–Crippen LogP) is 7.48. The van der Waals surface area contributed by atoms with Crippen LogP contribution < -0.4 is 0 Å². The topological polar surface area (TPSA) is 43.9 Å². The molecule has 4 fully saturated rings. The number of amides is 2. The van der Waals surface area contributed by atoms with Crippen LogP contribution in [0.2, 0.25) is 0 Å². The fraction of sp³-hybridized carbons (Fsp3) is 0.771. The van der Waals surface area contributed by atoms with Crippen molar-refractivity contribution in [2.75, 3.05) is 13.1 Å². The molecule has 1 aromatic rings. The van der Waals surface area contributed by atoms with Crippen LogP contribution in [0.1, 0.15) is 134 Å². The summed E-state index contributed by atoms with van der Waals surface area (Å²) in [5.41, 5.74) is 1.19. The molecule has 0 radical (unpaired) electrons. The zero-order valence-corrected chi connectivity index (χ0v) is 25.1. The Labute approximate surface area is 244 Å². The monoisotopic (exact) mass is 549 g/mol. The molecule has 5 nitrogen and oxygen atoms in total. The largest absolute Gasteiger partial charge is 0.336 e. The van der Waals surface area contributed by atoms with Gasteiger partial charge in [0.25, 0.3) is 0 Å². The highest BCUT2D eigenvalue weighted by atomic mass is 16.2. The fourth-order valence-corrected chi connectivity index (χ4v) is 8.40. The number of carbonyl (C=O) groups excluding carboxylic acids is 2. The van der Waals surface area contributed by atoms with E-state index in [9.17, 15) is 9.59 Å². The Morgan fingerprint density at radius 2 is 0.825 bits per heavy atom. The summed E-state index contributed by atoms with van der Waals surface area (Å²) in [6.45, 7) is 1.37. The van der Waals surface area contributed by atoms with Crippen molar-refractivity contribution in [2.24, 2.45) is 0 Å². The maximum absolute atomic E-state index is 14.3. The van der Waals surface area contributed by atoms with E-state index in [4.69, 9.17) is 0 Å². The Balaban J connectivity index is 1.34. The quantitative estimate of drug-likeness (QED) is 0.304. The van der Waals surface area contributed by atoms with Crippen molar-refractivity contribution in [3.8, 4) is 0 Å². The molecular weight excluding hydrogens is 494 g/mol. The Morgan fingerprint density at radius 3 is 1.15 bits per heavy atom. The average molecular weight is 550 g/mol. The zero-order chi connectivity index (χ0) is 27.6. The van der Waals surface area contributed by atoms with E-state index in [0.29, 0.717) is 43.8 Å². The molecule has 5 heteroatoms. The molecule has 4 aliphatic rings.